The number of aryl methyl sites for hydroxylation is 1. The van der Waals surface area contributed by atoms with Crippen molar-refractivity contribution in [3.05, 3.63) is 41.4 Å². The van der Waals surface area contributed by atoms with Crippen molar-refractivity contribution in [1.82, 2.24) is 15.0 Å². The van der Waals surface area contributed by atoms with Crippen LogP contribution in [0.25, 0.3) is 0 Å². The molecule has 21 heavy (non-hydrogen) atoms. The molecule has 5 heteroatoms. The Morgan fingerprint density at radius 2 is 2.24 bits per heavy atom. The van der Waals surface area contributed by atoms with Gasteiger partial charge in [-0.1, -0.05) is 5.16 Å². The SMILES string of the molecule is Cc1cc(CN2CCC[C@H]2c2ccnc(N(C)C)c2)no1. The molecule has 1 saturated heterocycles. The highest BCUT2D eigenvalue weighted by Crippen LogP contribution is 2.33. The van der Waals surface area contributed by atoms with Gasteiger partial charge in [0.25, 0.3) is 0 Å². The van der Waals surface area contributed by atoms with Gasteiger partial charge in [-0.15, -0.1) is 0 Å². The molecule has 1 aliphatic rings. The van der Waals surface area contributed by atoms with Crippen LogP contribution < -0.4 is 4.90 Å². The van der Waals surface area contributed by atoms with Gasteiger partial charge in [-0.25, -0.2) is 4.98 Å². The normalized spacial score (nSPS) is 19.1. The molecule has 0 saturated carbocycles. The fourth-order valence-corrected chi connectivity index (χ4v) is 2.98. The van der Waals surface area contributed by atoms with Crippen LogP contribution in [-0.4, -0.2) is 35.7 Å². The van der Waals surface area contributed by atoms with E-state index in [-0.39, 0.29) is 0 Å². The molecule has 0 radical (unpaired) electrons. The van der Waals surface area contributed by atoms with Gasteiger partial charge in [0.15, 0.2) is 0 Å². The molecule has 0 aromatic carbocycles. The second-order valence-corrected chi connectivity index (χ2v) is 5.90. The summed E-state index contributed by atoms with van der Waals surface area (Å²) in [7, 11) is 4.05. The predicted octanol–water partition coefficient (Wildman–Crippen LogP) is 2.78. The topological polar surface area (TPSA) is 45.4 Å². The molecule has 2 aromatic heterocycles. The first-order valence-corrected chi connectivity index (χ1v) is 7.43. The van der Waals surface area contributed by atoms with Gasteiger partial charge in [0.2, 0.25) is 0 Å². The van der Waals surface area contributed by atoms with Crippen LogP contribution in [0, 0.1) is 6.92 Å². The van der Waals surface area contributed by atoms with Crippen LogP contribution in [0.15, 0.2) is 28.9 Å². The average Bonchev–Trinajstić information content (AvgIpc) is 3.09. The third kappa shape index (κ3) is 3.08. The Labute approximate surface area is 125 Å². The van der Waals surface area contributed by atoms with Gasteiger partial charge in [-0.2, -0.15) is 0 Å². The van der Waals surface area contributed by atoms with Crippen molar-refractivity contribution in [2.24, 2.45) is 0 Å². The minimum Gasteiger partial charge on any atom is -0.363 e. The lowest BCUT2D eigenvalue weighted by atomic mass is 10.1. The molecule has 0 bridgehead atoms. The molecule has 0 spiro atoms. The molecule has 5 nitrogen and oxygen atoms in total. The molecule has 0 aliphatic carbocycles. The molecule has 0 unspecified atom stereocenters. The van der Waals surface area contributed by atoms with Crippen LogP contribution in [0.3, 0.4) is 0 Å². The highest BCUT2D eigenvalue weighted by Gasteiger charge is 2.27. The van der Waals surface area contributed by atoms with Crippen molar-refractivity contribution in [2.75, 3.05) is 25.5 Å². The van der Waals surface area contributed by atoms with Crippen LogP contribution in [0.1, 0.15) is 35.9 Å². The lowest BCUT2D eigenvalue weighted by Crippen LogP contribution is -2.23. The Balaban J connectivity index is 1.78. The average molecular weight is 286 g/mol. The second kappa shape index (κ2) is 5.85. The fourth-order valence-electron chi connectivity index (χ4n) is 2.98. The van der Waals surface area contributed by atoms with Crippen LogP contribution in [0.4, 0.5) is 5.82 Å². The first kappa shape index (κ1) is 14.1. The van der Waals surface area contributed by atoms with E-state index in [2.05, 4.69) is 27.2 Å². The third-order valence-electron chi connectivity index (χ3n) is 4.02. The van der Waals surface area contributed by atoms with Crippen molar-refractivity contribution in [2.45, 2.75) is 32.4 Å². The molecule has 2 aromatic rings. The monoisotopic (exact) mass is 286 g/mol. The molecule has 3 heterocycles. The minimum absolute atomic E-state index is 0.448. The number of pyridine rings is 1. The molecule has 1 atom stereocenters. The van der Waals surface area contributed by atoms with Crippen molar-refractivity contribution in [1.29, 1.82) is 0 Å². The molecule has 0 amide bonds. The van der Waals surface area contributed by atoms with Crippen molar-refractivity contribution in [3.63, 3.8) is 0 Å². The van der Waals surface area contributed by atoms with Gasteiger partial charge >= 0.3 is 0 Å². The third-order valence-corrected chi connectivity index (χ3v) is 4.02. The summed E-state index contributed by atoms with van der Waals surface area (Å²) >= 11 is 0. The maximum Gasteiger partial charge on any atom is 0.133 e. The molecule has 1 aliphatic heterocycles. The summed E-state index contributed by atoms with van der Waals surface area (Å²) in [6.07, 6.45) is 4.32. The van der Waals surface area contributed by atoms with E-state index >= 15 is 0 Å². The van der Waals surface area contributed by atoms with Gasteiger partial charge in [0.05, 0.1) is 5.69 Å². The highest BCUT2D eigenvalue weighted by atomic mass is 16.5. The first-order chi connectivity index (χ1) is 10.1. The van der Waals surface area contributed by atoms with Crippen LogP contribution in [0.5, 0.6) is 0 Å². The van der Waals surface area contributed by atoms with E-state index in [1.165, 1.54) is 18.4 Å². The summed E-state index contributed by atoms with van der Waals surface area (Å²) in [5, 5.41) is 4.12. The zero-order chi connectivity index (χ0) is 14.8. The summed E-state index contributed by atoms with van der Waals surface area (Å²) in [6.45, 7) is 3.89. The van der Waals surface area contributed by atoms with Crippen LogP contribution in [0.2, 0.25) is 0 Å². The number of hydrogen-bond acceptors (Lipinski definition) is 5. The van der Waals surface area contributed by atoms with Gasteiger partial charge < -0.3 is 9.42 Å². The number of hydrogen-bond donors (Lipinski definition) is 0. The maximum absolute atomic E-state index is 5.17. The van der Waals surface area contributed by atoms with Crippen molar-refractivity contribution < 1.29 is 4.52 Å². The van der Waals surface area contributed by atoms with E-state index in [1.54, 1.807) is 0 Å². The van der Waals surface area contributed by atoms with E-state index in [9.17, 15) is 0 Å². The van der Waals surface area contributed by atoms with Gasteiger partial charge in [0, 0.05) is 38.9 Å². The van der Waals surface area contributed by atoms with E-state index in [4.69, 9.17) is 4.52 Å². The van der Waals surface area contributed by atoms with Crippen LogP contribution >= 0.6 is 0 Å². The standard InChI is InChI=1S/C16H22N4O/c1-12-9-14(18-21-12)11-20-8-4-5-15(20)13-6-7-17-16(10-13)19(2)3/h6-7,9-10,15H,4-5,8,11H2,1-3H3/t15-/m0/s1. The molecule has 3 rings (SSSR count). The van der Waals surface area contributed by atoms with Crippen molar-refractivity contribution >= 4 is 5.82 Å². The molecule has 1 fully saturated rings. The largest absolute Gasteiger partial charge is 0.363 e. The molecular formula is C16H22N4O. The smallest absolute Gasteiger partial charge is 0.133 e. The highest BCUT2D eigenvalue weighted by molar-refractivity contribution is 5.40. The second-order valence-electron chi connectivity index (χ2n) is 5.90. The number of aromatic nitrogens is 2. The zero-order valence-electron chi connectivity index (χ0n) is 12.9. The van der Waals surface area contributed by atoms with Crippen LogP contribution in [-0.2, 0) is 6.54 Å². The molecule has 0 N–H and O–H groups in total. The Kier molecular flexibility index (Phi) is 3.92. The van der Waals surface area contributed by atoms with Gasteiger partial charge in [0.1, 0.15) is 11.6 Å². The lowest BCUT2D eigenvalue weighted by Gasteiger charge is -2.24. The fraction of sp³-hybridized carbons (Fsp3) is 0.500. The summed E-state index contributed by atoms with van der Waals surface area (Å²) in [4.78, 5) is 8.93. The molecular weight excluding hydrogens is 264 g/mol. The minimum atomic E-state index is 0.448. The number of nitrogens with zero attached hydrogens (tertiary/aromatic N) is 4. The van der Waals surface area contributed by atoms with E-state index in [0.717, 1.165) is 30.4 Å². The Morgan fingerprint density at radius 3 is 2.95 bits per heavy atom. The summed E-state index contributed by atoms with van der Waals surface area (Å²) < 4.78 is 5.17. The predicted molar refractivity (Wildman–Crippen MR) is 82.2 cm³/mol. The van der Waals surface area contributed by atoms with E-state index < -0.39 is 0 Å². The van der Waals surface area contributed by atoms with Gasteiger partial charge in [-0.3, -0.25) is 4.90 Å². The van der Waals surface area contributed by atoms with E-state index in [1.807, 2.05) is 38.2 Å². The van der Waals surface area contributed by atoms with Crippen molar-refractivity contribution in [3.8, 4) is 0 Å². The molecule has 112 valence electrons. The Bertz CT molecular complexity index is 608. The summed E-state index contributed by atoms with van der Waals surface area (Å²) in [6, 6.07) is 6.79. The summed E-state index contributed by atoms with van der Waals surface area (Å²) in [5.74, 6) is 1.89. The number of likely N-dealkylation sites (tertiary alicyclic amines) is 1. The maximum atomic E-state index is 5.17. The Hall–Kier alpha value is -1.88. The number of rotatable bonds is 4. The lowest BCUT2D eigenvalue weighted by molar-refractivity contribution is 0.240. The van der Waals surface area contributed by atoms with Gasteiger partial charge in [-0.05, 0) is 44.0 Å². The first-order valence-electron chi connectivity index (χ1n) is 7.43. The zero-order valence-corrected chi connectivity index (χ0v) is 12.9. The number of anilines is 1. The quantitative estimate of drug-likeness (QED) is 0.865. The Morgan fingerprint density at radius 1 is 1.38 bits per heavy atom. The van der Waals surface area contributed by atoms with E-state index in [0.29, 0.717) is 6.04 Å². The summed E-state index contributed by atoms with van der Waals surface area (Å²) in [5.41, 5.74) is 2.35.